The summed E-state index contributed by atoms with van der Waals surface area (Å²) in [5.41, 5.74) is 0.948. The van der Waals surface area contributed by atoms with Gasteiger partial charge in [0.15, 0.2) is 0 Å². The molecule has 1 heterocycles. The molecule has 1 unspecified atom stereocenters. The normalized spacial score (nSPS) is 12.1. The van der Waals surface area contributed by atoms with Gasteiger partial charge in [-0.25, -0.2) is 0 Å². The highest BCUT2D eigenvalue weighted by Gasteiger charge is 2.13. The first kappa shape index (κ1) is 12.3. The van der Waals surface area contributed by atoms with Gasteiger partial charge in [-0.05, 0) is 24.5 Å². The number of aliphatic carboxylic acids is 1. The second-order valence-electron chi connectivity index (χ2n) is 3.67. The molecule has 0 aliphatic carbocycles. The van der Waals surface area contributed by atoms with E-state index in [4.69, 9.17) is 9.52 Å². The highest BCUT2D eigenvalue weighted by molar-refractivity contribution is 5.73. The molecule has 5 nitrogen and oxygen atoms in total. The fourth-order valence-electron chi connectivity index (χ4n) is 1.50. The van der Waals surface area contributed by atoms with Gasteiger partial charge in [-0.15, -0.1) is 0 Å². The van der Waals surface area contributed by atoms with Crippen LogP contribution in [0.1, 0.15) is 25.3 Å². The smallest absolute Gasteiger partial charge is 0.303 e. The number of hydrogen-bond acceptors (Lipinski definition) is 3. The lowest BCUT2D eigenvalue weighted by Gasteiger charge is -2.15. The molecule has 0 aliphatic rings. The average molecular weight is 225 g/mol. The standard InChI is InChI=1S/C11H15NO4/c1-8(13)12-10(2-3-11(14)15)6-9-4-5-16-7-9/h4-5,7,10H,2-3,6H2,1H3,(H,12,13)(H,14,15). The summed E-state index contributed by atoms with van der Waals surface area (Å²) < 4.78 is 4.92. The summed E-state index contributed by atoms with van der Waals surface area (Å²) in [6.07, 6.45) is 4.19. The molecule has 0 aliphatic heterocycles. The van der Waals surface area contributed by atoms with Crippen LogP contribution in [-0.2, 0) is 16.0 Å². The summed E-state index contributed by atoms with van der Waals surface area (Å²) >= 11 is 0. The van der Waals surface area contributed by atoms with Gasteiger partial charge in [0.05, 0.1) is 12.5 Å². The second-order valence-corrected chi connectivity index (χ2v) is 3.67. The van der Waals surface area contributed by atoms with E-state index in [9.17, 15) is 9.59 Å². The number of furan rings is 1. The summed E-state index contributed by atoms with van der Waals surface area (Å²) in [6.45, 7) is 1.42. The summed E-state index contributed by atoms with van der Waals surface area (Å²) in [6, 6.07) is 1.64. The first-order valence-corrected chi connectivity index (χ1v) is 5.08. The van der Waals surface area contributed by atoms with Crippen molar-refractivity contribution in [3.05, 3.63) is 24.2 Å². The maximum absolute atomic E-state index is 10.9. The monoisotopic (exact) mass is 225 g/mol. The molecular weight excluding hydrogens is 210 g/mol. The molecule has 1 aromatic heterocycles. The van der Waals surface area contributed by atoms with E-state index in [0.717, 1.165) is 5.56 Å². The third kappa shape index (κ3) is 4.63. The van der Waals surface area contributed by atoms with Crippen LogP contribution >= 0.6 is 0 Å². The first-order chi connectivity index (χ1) is 7.58. The van der Waals surface area contributed by atoms with Crippen LogP contribution in [0, 0.1) is 0 Å². The summed E-state index contributed by atoms with van der Waals surface area (Å²) in [5, 5.41) is 11.3. The van der Waals surface area contributed by atoms with E-state index in [-0.39, 0.29) is 18.4 Å². The zero-order valence-electron chi connectivity index (χ0n) is 9.10. The van der Waals surface area contributed by atoms with Crippen molar-refractivity contribution in [3.8, 4) is 0 Å². The lowest BCUT2D eigenvalue weighted by Crippen LogP contribution is -2.35. The molecule has 1 rings (SSSR count). The SMILES string of the molecule is CC(=O)NC(CCC(=O)O)Cc1ccoc1. The number of carbonyl (C=O) groups is 2. The number of nitrogens with one attached hydrogen (secondary N) is 1. The Kier molecular flexibility index (Phi) is 4.57. The van der Waals surface area contributed by atoms with Crippen LogP contribution in [0.25, 0.3) is 0 Å². The molecule has 1 amide bonds. The number of carboxylic acids is 1. The van der Waals surface area contributed by atoms with Crippen LogP contribution in [-0.4, -0.2) is 23.0 Å². The van der Waals surface area contributed by atoms with Crippen LogP contribution in [0.5, 0.6) is 0 Å². The summed E-state index contributed by atoms with van der Waals surface area (Å²) in [7, 11) is 0. The Morgan fingerprint density at radius 2 is 2.31 bits per heavy atom. The van der Waals surface area contributed by atoms with Crippen molar-refractivity contribution in [2.45, 2.75) is 32.2 Å². The molecule has 16 heavy (non-hydrogen) atoms. The van der Waals surface area contributed by atoms with Gasteiger partial charge in [0, 0.05) is 19.4 Å². The number of amides is 1. The predicted molar refractivity (Wildman–Crippen MR) is 56.9 cm³/mol. The molecule has 0 spiro atoms. The van der Waals surface area contributed by atoms with Crippen molar-refractivity contribution in [1.29, 1.82) is 0 Å². The third-order valence-electron chi connectivity index (χ3n) is 2.18. The van der Waals surface area contributed by atoms with Crippen molar-refractivity contribution in [1.82, 2.24) is 5.32 Å². The Morgan fingerprint density at radius 3 is 2.81 bits per heavy atom. The minimum absolute atomic E-state index is 0.0444. The number of hydrogen-bond donors (Lipinski definition) is 2. The highest BCUT2D eigenvalue weighted by atomic mass is 16.4. The van der Waals surface area contributed by atoms with E-state index in [2.05, 4.69) is 5.32 Å². The Labute approximate surface area is 93.4 Å². The zero-order chi connectivity index (χ0) is 12.0. The summed E-state index contributed by atoms with van der Waals surface area (Å²) in [4.78, 5) is 21.4. The molecule has 0 saturated carbocycles. The van der Waals surface area contributed by atoms with E-state index in [1.165, 1.54) is 6.92 Å². The van der Waals surface area contributed by atoms with Gasteiger partial charge in [0.1, 0.15) is 0 Å². The molecule has 0 radical (unpaired) electrons. The number of rotatable bonds is 6. The van der Waals surface area contributed by atoms with Crippen molar-refractivity contribution >= 4 is 11.9 Å². The van der Waals surface area contributed by atoms with Gasteiger partial charge in [-0.2, -0.15) is 0 Å². The third-order valence-corrected chi connectivity index (χ3v) is 2.18. The molecule has 88 valence electrons. The fraction of sp³-hybridized carbons (Fsp3) is 0.455. The topological polar surface area (TPSA) is 79.5 Å². The molecule has 5 heteroatoms. The van der Waals surface area contributed by atoms with E-state index in [1.807, 2.05) is 0 Å². The molecule has 0 fully saturated rings. The Morgan fingerprint density at radius 1 is 1.56 bits per heavy atom. The largest absolute Gasteiger partial charge is 0.481 e. The van der Waals surface area contributed by atoms with Crippen molar-refractivity contribution < 1.29 is 19.1 Å². The van der Waals surface area contributed by atoms with Crippen molar-refractivity contribution in [2.75, 3.05) is 0 Å². The average Bonchev–Trinajstić information content (AvgIpc) is 2.66. The maximum atomic E-state index is 10.9. The molecule has 0 aromatic carbocycles. The molecule has 0 bridgehead atoms. The molecule has 0 saturated heterocycles. The quantitative estimate of drug-likeness (QED) is 0.762. The highest BCUT2D eigenvalue weighted by Crippen LogP contribution is 2.08. The number of carbonyl (C=O) groups excluding carboxylic acids is 1. The maximum Gasteiger partial charge on any atom is 0.303 e. The fourth-order valence-corrected chi connectivity index (χ4v) is 1.50. The zero-order valence-corrected chi connectivity index (χ0v) is 9.10. The molecular formula is C11H15NO4. The molecule has 1 aromatic rings. The van der Waals surface area contributed by atoms with E-state index < -0.39 is 5.97 Å². The van der Waals surface area contributed by atoms with E-state index in [0.29, 0.717) is 12.8 Å². The van der Waals surface area contributed by atoms with Crippen LogP contribution in [0.15, 0.2) is 23.0 Å². The van der Waals surface area contributed by atoms with Gasteiger partial charge < -0.3 is 14.8 Å². The Hall–Kier alpha value is -1.78. The molecule has 2 N–H and O–H groups in total. The first-order valence-electron chi connectivity index (χ1n) is 5.08. The Bertz CT molecular complexity index is 345. The lowest BCUT2D eigenvalue weighted by molar-refractivity contribution is -0.137. The predicted octanol–water partition coefficient (Wildman–Crippen LogP) is 1.19. The van der Waals surface area contributed by atoms with Crippen LogP contribution < -0.4 is 5.32 Å². The van der Waals surface area contributed by atoms with E-state index >= 15 is 0 Å². The number of carboxylic acid groups (broad SMARTS) is 1. The van der Waals surface area contributed by atoms with Gasteiger partial charge in [0.2, 0.25) is 5.91 Å². The summed E-state index contributed by atoms with van der Waals surface area (Å²) in [5.74, 6) is -1.01. The van der Waals surface area contributed by atoms with E-state index in [1.54, 1.807) is 18.6 Å². The minimum atomic E-state index is -0.859. The van der Waals surface area contributed by atoms with Crippen LogP contribution in [0.4, 0.5) is 0 Å². The van der Waals surface area contributed by atoms with Crippen LogP contribution in [0.2, 0.25) is 0 Å². The molecule has 1 atom stereocenters. The van der Waals surface area contributed by atoms with Crippen LogP contribution in [0.3, 0.4) is 0 Å². The van der Waals surface area contributed by atoms with Gasteiger partial charge in [-0.1, -0.05) is 0 Å². The van der Waals surface area contributed by atoms with Gasteiger partial charge in [-0.3, -0.25) is 9.59 Å². The van der Waals surface area contributed by atoms with Gasteiger partial charge >= 0.3 is 5.97 Å². The van der Waals surface area contributed by atoms with Crippen molar-refractivity contribution in [3.63, 3.8) is 0 Å². The minimum Gasteiger partial charge on any atom is -0.481 e. The Balaban J connectivity index is 2.49. The van der Waals surface area contributed by atoms with Gasteiger partial charge in [0.25, 0.3) is 0 Å². The lowest BCUT2D eigenvalue weighted by atomic mass is 10.0. The second kappa shape index (κ2) is 5.95. The van der Waals surface area contributed by atoms with Crippen molar-refractivity contribution in [2.24, 2.45) is 0 Å².